The summed E-state index contributed by atoms with van der Waals surface area (Å²) in [7, 11) is 2.06. The molecule has 1 fully saturated rings. The van der Waals surface area contributed by atoms with E-state index in [0.717, 1.165) is 10.3 Å². The van der Waals surface area contributed by atoms with Crippen LogP contribution in [0.25, 0.3) is 0 Å². The maximum atomic E-state index is 6.03. The van der Waals surface area contributed by atoms with Crippen LogP contribution in [0.5, 0.6) is 0 Å². The molecule has 1 aromatic heterocycles. The van der Waals surface area contributed by atoms with Crippen LogP contribution in [0.15, 0.2) is 12.1 Å². The van der Waals surface area contributed by atoms with Crippen LogP contribution in [-0.2, 0) is 0 Å². The summed E-state index contributed by atoms with van der Waals surface area (Å²) in [6.07, 6.45) is 4.03. The van der Waals surface area contributed by atoms with E-state index >= 15 is 0 Å². The Morgan fingerprint density at radius 1 is 1.50 bits per heavy atom. The molecule has 2 atom stereocenters. The molecule has 1 nitrogen and oxygen atoms in total. The Kier molecular flexibility index (Phi) is 3.62. The van der Waals surface area contributed by atoms with Crippen molar-refractivity contribution in [1.29, 1.82) is 0 Å². The highest BCUT2D eigenvalue weighted by Gasteiger charge is 2.39. The van der Waals surface area contributed by atoms with Crippen LogP contribution in [-0.4, -0.2) is 7.05 Å². The predicted octanol–water partition coefficient (Wildman–Crippen LogP) is 4.49. The van der Waals surface area contributed by atoms with Gasteiger partial charge < -0.3 is 5.32 Å². The van der Waals surface area contributed by atoms with E-state index in [4.69, 9.17) is 11.6 Å². The van der Waals surface area contributed by atoms with Gasteiger partial charge in [0, 0.05) is 10.9 Å². The van der Waals surface area contributed by atoms with Crippen LogP contribution in [0.4, 0.5) is 0 Å². The van der Waals surface area contributed by atoms with Gasteiger partial charge in [0.1, 0.15) is 0 Å². The summed E-state index contributed by atoms with van der Waals surface area (Å²) in [5.41, 5.74) is 0.449. The molecule has 3 heteroatoms. The van der Waals surface area contributed by atoms with E-state index in [0.29, 0.717) is 11.5 Å². The summed E-state index contributed by atoms with van der Waals surface area (Å²) in [5, 5.41) is 3.48. The minimum absolute atomic E-state index is 0.449. The van der Waals surface area contributed by atoms with Crippen LogP contribution in [0.1, 0.15) is 44.0 Å². The van der Waals surface area contributed by atoms with Gasteiger partial charge in [0.2, 0.25) is 0 Å². The second-order valence-electron chi connectivity index (χ2n) is 5.40. The summed E-state index contributed by atoms with van der Waals surface area (Å²) in [5.74, 6) is 0.729. The number of thiophene rings is 1. The Morgan fingerprint density at radius 2 is 2.25 bits per heavy atom. The first-order valence-electron chi connectivity index (χ1n) is 5.97. The lowest BCUT2D eigenvalue weighted by Crippen LogP contribution is -2.31. The predicted molar refractivity (Wildman–Crippen MR) is 72.3 cm³/mol. The van der Waals surface area contributed by atoms with E-state index < -0.39 is 0 Å². The zero-order valence-corrected chi connectivity index (χ0v) is 11.8. The van der Waals surface area contributed by atoms with E-state index in [2.05, 4.69) is 32.3 Å². The minimum atomic E-state index is 0.449. The van der Waals surface area contributed by atoms with Crippen LogP contribution < -0.4 is 5.32 Å². The van der Waals surface area contributed by atoms with Crippen molar-refractivity contribution in [3.05, 3.63) is 21.3 Å². The Morgan fingerprint density at radius 3 is 2.69 bits per heavy atom. The monoisotopic (exact) mass is 257 g/mol. The van der Waals surface area contributed by atoms with Crippen molar-refractivity contribution in [2.45, 2.75) is 39.2 Å². The van der Waals surface area contributed by atoms with Gasteiger partial charge in [-0.15, -0.1) is 11.3 Å². The average Bonchev–Trinajstić information content (AvgIpc) is 2.76. The Balaban J connectivity index is 2.23. The molecular weight excluding hydrogens is 238 g/mol. The van der Waals surface area contributed by atoms with E-state index in [1.807, 2.05) is 6.07 Å². The van der Waals surface area contributed by atoms with Gasteiger partial charge in [-0.05, 0) is 43.4 Å². The topological polar surface area (TPSA) is 12.0 Å². The lowest BCUT2D eigenvalue weighted by Gasteiger charge is -2.33. The van der Waals surface area contributed by atoms with Gasteiger partial charge in [-0.25, -0.2) is 0 Å². The molecule has 0 amide bonds. The van der Waals surface area contributed by atoms with Crippen molar-refractivity contribution >= 4 is 22.9 Å². The summed E-state index contributed by atoms with van der Waals surface area (Å²) >= 11 is 7.74. The highest BCUT2D eigenvalue weighted by Crippen LogP contribution is 2.49. The first-order valence-corrected chi connectivity index (χ1v) is 7.16. The second-order valence-corrected chi connectivity index (χ2v) is 7.14. The van der Waals surface area contributed by atoms with E-state index in [1.165, 1.54) is 24.1 Å². The first kappa shape index (κ1) is 12.4. The molecule has 1 N–H and O–H groups in total. The Bertz CT molecular complexity index is 359. The molecule has 90 valence electrons. The molecule has 2 unspecified atom stereocenters. The summed E-state index contributed by atoms with van der Waals surface area (Å²) in [4.78, 5) is 1.38. The highest BCUT2D eigenvalue weighted by molar-refractivity contribution is 7.16. The molecule has 2 rings (SSSR count). The number of nitrogens with one attached hydrogen (secondary N) is 1. The smallest absolute Gasteiger partial charge is 0.0931 e. The molecule has 1 aliphatic carbocycles. The van der Waals surface area contributed by atoms with Crippen molar-refractivity contribution in [2.24, 2.45) is 11.3 Å². The lowest BCUT2D eigenvalue weighted by atomic mass is 9.77. The SMILES string of the molecule is CNC(c1ccc(Cl)s1)C1CCCC1(C)C. The maximum Gasteiger partial charge on any atom is 0.0931 e. The third-order valence-electron chi connectivity index (χ3n) is 3.95. The summed E-state index contributed by atoms with van der Waals surface area (Å²) < 4.78 is 0.894. The molecule has 1 saturated carbocycles. The van der Waals surface area contributed by atoms with E-state index in [9.17, 15) is 0 Å². The van der Waals surface area contributed by atoms with Crippen LogP contribution in [0, 0.1) is 11.3 Å². The van der Waals surface area contributed by atoms with Crippen molar-refractivity contribution < 1.29 is 0 Å². The molecule has 0 spiro atoms. The van der Waals surface area contributed by atoms with Gasteiger partial charge in [0.15, 0.2) is 0 Å². The van der Waals surface area contributed by atoms with Gasteiger partial charge >= 0.3 is 0 Å². The zero-order chi connectivity index (χ0) is 11.8. The third kappa shape index (κ3) is 2.29. The molecular formula is C13H20ClNS. The fraction of sp³-hybridized carbons (Fsp3) is 0.692. The number of hydrogen-bond acceptors (Lipinski definition) is 2. The largest absolute Gasteiger partial charge is 0.312 e. The molecule has 0 bridgehead atoms. The van der Waals surface area contributed by atoms with Crippen molar-refractivity contribution in [1.82, 2.24) is 5.32 Å². The zero-order valence-electron chi connectivity index (χ0n) is 10.2. The summed E-state index contributed by atoms with van der Waals surface area (Å²) in [6.45, 7) is 4.79. The molecule has 1 aromatic rings. The van der Waals surface area contributed by atoms with Gasteiger partial charge in [0.05, 0.1) is 4.34 Å². The molecule has 16 heavy (non-hydrogen) atoms. The van der Waals surface area contributed by atoms with Crippen LogP contribution >= 0.6 is 22.9 Å². The lowest BCUT2D eigenvalue weighted by molar-refractivity contribution is 0.205. The fourth-order valence-electron chi connectivity index (χ4n) is 3.01. The van der Waals surface area contributed by atoms with Crippen molar-refractivity contribution in [3.63, 3.8) is 0 Å². The molecule has 0 aromatic carbocycles. The van der Waals surface area contributed by atoms with Crippen molar-refractivity contribution in [2.75, 3.05) is 7.05 Å². The quantitative estimate of drug-likeness (QED) is 0.841. The number of halogens is 1. The first-order chi connectivity index (χ1) is 7.54. The molecule has 0 radical (unpaired) electrons. The van der Waals surface area contributed by atoms with E-state index in [1.54, 1.807) is 11.3 Å². The molecule has 0 aliphatic heterocycles. The third-order valence-corrected chi connectivity index (χ3v) is 5.27. The van der Waals surface area contributed by atoms with Crippen LogP contribution in [0.3, 0.4) is 0 Å². The van der Waals surface area contributed by atoms with Gasteiger partial charge in [-0.3, -0.25) is 0 Å². The Hall–Kier alpha value is -0.0500. The highest BCUT2D eigenvalue weighted by atomic mass is 35.5. The number of hydrogen-bond donors (Lipinski definition) is 1. The molecule has 0 saturated heterocycles. The van der Waals surface area contributed by atoms with Gasteiger partial charge in [-0.1, -0.05) is 31.9 Å². The standard InChI is InChI=1S/C13H20ClNS/c1-13(2)8-4-5-9(13)12(15-3)10-6-7-11(14)16-10/h6-7,9,12,15H,4-5,8H2,1-3H3. The molecule has 1 aliphatic rings. The fourth-order valence-corrected chi connectivity index (χ4v) is 4.25. The van der Waals surface area contributed by atoms with Gasteiger partial charge in [0.25, 0.3) is 0 Å². The maximum absolute atomic E-state index is 6.03. The minimum Gasteiger partial charge on any atom is -0.312 e. The Labute approximate surface area is 107 Å². The number of rotatable bonds is 3. The van der Waals surface area contributed by atoms with Crippen LogP contribution in [0.2, 0.25) is 4.34 Å². The second kappa shape index (κ2) is 4.67. The normalized spacial score (nSPS) is 25.9. The van der Waals surface area contributed by atoms with Gasteiger partial charge in [-0.2, -0.15) is 0 Å². The summed E-state index contributed by atoms with van der Waals surface area (Å²) in [6, 6.07) is 4.64. The average molecular weight is 258 g/mol. The molecule has 1 heterocycles. The van der Waals surface area contributed by atoms with E-state index in [-0.39, 0.29) is 0 Å². The van der Waals surface area contributed by atoms with Crippen molar-refractivity contribution in [3.8, 4) is 0 Å².